The average molecular weight is 175 g/mol. The highest BCUT2D eigenvalue weighted by atomic mass is 16.1. The van der Waals surface area contributed by atoms with Crippen LogP contribution < -0.4 is 5.32 Å². The lowest BCUT2D eigenvalue weighted by Gasteiger charge is -1.99. The predicted octanol–water partition coefficient (Wildman–Crippen LogP) is 1.25. The Morgan fingerprint density at radius 3 is 3.00 bits per heavy atom. The molecule has 1 rings (SSSR count). The maximum absolute atomic E-state index is 10.9. The minimum atomic E-state index is -0.305. The quantitative estimate of drug-likeness (QED) is 0.687. The summed E-state index contributed by atoms with van der Waals surface area (Å²) < 4.78 is 0. The zero-order valence-electron chi connectivity index (χ0n) is 7.24. The van der Waals surface area contributed by atoms with Crippen LogP contribution in [0, 0.1) is 13.5 Å². The number of pyridine rings is 1. The van der Waals surface area contributed by atoms with E-state index in [1.165, 1.54) is 0 Å². The first-order valence-electron chi connectivity index (χ1n) is 3.78. The SMILES string of the molecule is [C-]#[N+]CC(=O)Nc1ccc(C)nc1. The Kier molecular flexibility index (Phi) is 2.98. The third-order valence-electron chi connectivity index (χ3n) is 1.42. The number of rotatable bonds is 2. The normalized spacial score (nSPS) is 8.92. The molecule has 0 radical (unpaired) electrons. The van der Waals surface area contributed by atoms with Crippen LogP contribution in [-0.2, 0) is 4.79 Å². The monoisotopic (exact) mass is 175 g/mol. The van der Waals surface area contributed by atoms with Gasteiger partial charge >= 0.3 is 5.91 Å². The Hall–Kier alpha value is -1.89. The maximum Gasteiger partial charge on any atom is 0.304 e. The first-order valence-corrected chi connectivity index (χ1v) is 3.78. The number of aryl methyl sites for hydroxylation is 1. The van der Waals surface area contributed by atoms with Crippen molar-refractivity contribution in [2.75, 3.05) is 11.9 Å². The molecule has 0 saturated carbocycles. The van der Waals surface area contributed by atoms with Gasteiger partial charge in [-0.15, -0.1) is 0 Å². The van der Waals surface area contributed by atoms with Crippen molar-refractivity contribution in [3.05, 3.63) is 35.4 Å². The molecule has 1 N–H and O–H groups in total. The van der Waals surface area contributed by atoms with Gasteiger partial charge in [0, 0.05) is 5.69 Å². The molecule has 1 amide bonds. The molecule has 0 atom stereocenters. The molecule has 4 nitrogen and oxygen atoms in total. The number of hydrogen-bond donors (Lipinski definition) is 1. The largest absolute Gasteiger partial charge is 0.318 e. The minimum Gasteiger partial charge on any atom is -0.318 e. The molecule has 4 heteroatoms. The van der Waals surface area contributed by atoms with Crippen molar-refractivity contribution in [2.24, 2.45) is 0 Å². The first kappa shape index (κ1) is 9.20. The molecule has 1 aromatic heterocycles. The van der Waals surface area contributed by atoms with Crippen molar-refractivity contribution in [1.82, 2.24) is 4.98 Å². The third-order valence-corrected chi connectivity index (χ3v) is 1.42. The van der Waals surface area contributed by atoms with Gasteiger partial charge < -0.3 is 10.2 Å². The van der Waals surface area contributed by atoms with Crippen LogP contribution in [-0.4, -0.2) is 17.4 Å². The number of nitrogens with one attached hydrogen (secondary N) is 1. The molecule has 1 aromatic rings. The highest BCUT2D eigenvalue weighted by molar-refractivity contribution is 5.92. The van der Waals surface area contributed by atoms with E-state index in [0.29, 0.717) is 5.69 Å². The van der Waals surface area contributed by atoms with Crippen LogP contribution in [0.25, 0.3) is 4.85 Å². The smallest absolute Gasteiger partial charge is 0.304 e. The molecular weight excluding hydrogens is 166 g/mol. The second kappa shape index (κ2) is 4.21. The zero-order chi connectivity index (χ0) is 9.68. The maximum atomic E-state index is 10.9. The van der Waals surface area contributed by atoms with Gasteiger partial charge in [0.25, 0.3) is 6.54 Å². The van der Waals surface area contributed by atoms with Gasteiger partial charge in [-0.05, 0) is 19.1 Å². The van der Waals surface area contributed by atoms with Crippen molar-refractivity contribution in [1.29, 1.82) is 0 Å². The number of amides is 1. The van der Waals surface area contributed by atoms with E-state index in [2.05, 4.69) is 15.1 Å². The van der Waals surface area contributed by atoms with Crippen LogP contribution in [0.3, 0.4) is 0 Å². The van der Waals surface area contributed by atoms with Crippen molar-refractivity contribution in [3.8, 4) is 0 Å². The molecule has 0 saturated heterocycles. The second-order valence-corrected chi connectivity index (χ2v) is 2.55. The Bertz CT molecular complexity index is 337. The molecule has 0 aliphatic carbocycles. The molecule has 66 valence electrons. The van der Waals surface area contributed by atoms with E-state index in [4.69, 9.17) is 6.57 Å². The molecule has 0 bridgehead atoms. The number of carbonyl (C=O) groups is 1. The summed E-state index contributed by atoms with van der Waals surface area (Å²) in [5.41, 5.74) is 1.52. The van der Waals surface area contributed by atoms with E-state index in [1.807, 2.05) is 6.92 Å². The van der Waals surface area contributed by atoms with E-state index in [0.717, 1.165) is 5.69 Å². The molecule has 0 aliphatic heterocycles. The van der Waals surface area contributed by atoms with Gasteiger partial charge in [0.15, 0.2) is 0 Å². The Morgan fingerprint density at radius 2 is 2.46 bits per heavy atom. The molecule has 0 spiro atoms. The third kappa shape index (κ3) is 2.91. The summed E-state index contributed by atoms with van der Waals surface area (Å²) in [5.74, 6) is -0.305. The summed E-state index contributed by atoms with van der Waals surface area (Å²) in [6, 6.07) is 3.55. The summed E-state index contributed by atoms with van der Waals surface area (Å²) >= 11 is 0. The lowest BCUT2D eigenvalue weighted by atomic mass is 10.3. The topological polar surface area (TPSA) is 46.4 Å². The minimum absolute atomic E-state index is 0.145. The molecular formula is C9H9N3O. The molecule has 0 aromatic carbocycles. The van der Waals surface area contributed by atoms with Crippen molar-refractivity contribution in [3.63, 3.8) is 0 Å². The van der Waals surface area contributed by atoms with E-state index in [9.17, 15) is 4.79 Å². The van der Waals surface area contributed by atoms with Crippen LogP contribution in [0.5, 0.6) is 0 Å². The molecule has 0 fully saturated rings. The van der Waals surface area contributed by atoms with Crippen LogP contribution in [0.15, 0.2) is 18.3 Å². The molecule has 13 heavy (non-hydrogen) atoms. The number of nitrogens with zero attached hydrogens (tertiary/aromatic N) is 2. The van der Waals surface area contributed by atoms with Gasteiger partial charge in [0.2, 0.25) is 0 Å². The molecule has 0 unspecified atom stereocenters. The van der Waals surface area contributed by atoms with Gasteiger partial charge in [0.05, 0.1) is 11.9 Å². The average Bonchev–Trinajstić information content (AvgIpc) is 2.09. The predicted molar refractivity (Wildman–Crippen MR) is 49.1 cm³/mol. The molecule has 0 aliphatic rings. The van der Waals surface area contributed by atoms with Crippen LogP contribution in [0.1, 0.15) is 5.69 Å². The zero-order valence-corrected chi connectivity index (χ0v) is 7.24. The number of aromatic nitrogens is 1. The standard InChI is InChI=1S/C9H9N3O/c1-7-3-4-8(5-11-7)12-9(13)6-10-2/h3-5H,6H2,1H3,(H,12,13). The van der Waals surface area contributed by atoms with E-state index in [1.54, 1.807) is 18.3 Å². The molecule has 1 heterocycles. The highest BCUT2D eigenvalue weighted by Gasteiger charge is 2.03. The lowest BCUT2D eigenvalue weighted by molar-refractivity contribution is -0.114. The van der Waals surface area contributed by atoms with Gasteiger partial charge in [-0.1, -0.05) is 0 Å². The first-order chi connectivity index (χ1) is 6.22. The summed E-state index contributed by atoms with van der Waals surface area (Å²) in [4.78, 5) is 17.9. The number of anilines is 1. The second-order valence-electron chi connectivity index (χ2n) is 2.55. The lowest BCUT2D eigenvalue weighted by Crippen LogP contribution is -2.13. The van der Waals surface area contributed by atoms with Crippen molar-refractivity contribution < 1.29 is 4.79 Å². The summed E-state index contributed by atoms with van der Waals surface area (Å²) in [5, 5.41) is 2.55. The summed E-state index contributed by atoms with van der Waals surface area (Å²) in [7, 11) is 0. The fourth-order valence-electron chi connectivity index (χ4n) is 0.814. The van der Waals surface area contributed by atoms with Crippen LogP contribution in [0.4, 0.5) is 5.69 Å². The summed E-state index contributed by atoms with van der Waals surface area (Å²) in [6.45, 7) is 8.20. The van der Waals surface area contributed by atoms with Gasteiger partial charge in [-0.3, -0.25) is 9.78 Å². The van der Waals surface area contributed by atoms with Gasteiger partial charge in [-0.2, -0.15) is 0 Å². The summed E-state index contributed by atoms with van der Waals surface area (Å²) in [6.07, 6.45) is 1.57. The van der Waals surface area contributed by atoms with E-state index >= 15 is 0 Å². The highest BCUT2D eigenvalue weighted by Crippen LogP contribution is 2.04. The van der Waals surface area contributed by atoms with Crippen molar-refractivity contribution >= 4 is 11.6 Å². The Morgan fingerprint density at radius 1 is 1.69 bits per heavy atom. The van der Waals surface area contributed by atoms with Gasteiger partial charge in [-0.25, -0.2) is 6.57 Å². The number of carbonyl (C=O) groups excluding carboxylic acids is 1. The van der Waals surface area contributed by atoms with E-state index < -0.39 is 0 Å². The van der Waals surface area contributed by atoms with Crippen molar-refractivity contribution in [2.45, 2.75) is 6.92 Å². The van der Waals surface area contributed by atoms with Gasteiger partial charge in [0.1, 0.15) is 0 Å². The van der Waals surface area contributed by atoms with Crippen LogP contribution in [0.2, 0.25) is 0 Å². The fraction of sp³-hybridized carbons (Fsp3) is 0.222. The van der Waals surface area contributed by atoms with E-state index in [-0.39, 0.29) is 12.5 Å². The Balaban J connectivity index is 2.60. The Labute approximate surface area is 76.4 Å². The fourth-order valence-corrected chi connectivity index (χ4v) is 0.814. The number of hydrogen-bond acceptors (Lipinski definition) is 2. The van der Waals surface area contributed by atoms with Crippen LogP contribution >= 0.6 is 0 Å².